The maximum atomic E-state index is 13.0. The number of benzene rings is 3. The molecule has 0 aliphatic carbocycles. The Morgan fingerprint density at radius 1 is 0.882 bits per heavy atom. The van der Waals surface area contributed by atoms with Crippen LogP contribution in [0.25, 0.3) is 22.8 Å². The number of nitrogens with zero attached hydrogens (tertiary/aromatic N) is 3. The van der Waals surface area contributed by atoms with Gasteiger partial charge in [0.25, 0.3) is 11.8 Å². The van der Waals surface area contributed by atoms with Gasteiger partial charge < -0.3 is 14.6 Å². The van der Waals surface area contributed by atoms with Crippen molar-refractivity contribution in [2.75, 3.05) is 5.32 Å². The molecule has 0 bridgehead atoms. The molecule has 7 heteroatoms. The third kappa shape index (κ3) is 4.83. The first-order valence-corrected chi connectivity index (χ1v) is 10.7. The number of carbonyl (C=O) groups is 1. The van der Waals surface area contributed by atoms with Gasteiger partial charge in [-0.05, 0) is 48.0 Å². The number of aromatic nitrogens is 3. The number of rotatable bonds is 7. The zero-order valence-electron chi connectivity index (χ0n) is 18.1. The monoisotopic (exact) mass is 448 g/mol. The molecule has 34 heavy (non-hydrogen) atoms. The molecule has 0 fully saturated rings. The van der Waals surface area contributed by atoms with E-state index in [4.69, 9.17) is 9.26 Å². The molecular formula is C27H20N4O3. The minimum atomic E-state index is -0.272. The highest BCUT2D eigenvalue weighted by Crippen LogP contribution is 2.29. The zero-order valence-corrected chi connectivity index (χ0v) is 18.1. The van der Waals surface area contributed by atoms with Gasteiger partial charge in [0.05, 0.1) is 11.3 Å². The van der Waals surface area contributed by atoms with E-state index in [1.807, 2.05) is 54.6 Å². The molecule has 0 spiro atoms. The van der Waals surface area contributed by atoms with Gasteiger partial charge in [-0.2, -0.15) is 4.98 Å². The van der Waals surface area contributed by atoms with Crippen molar-refractivity contribution >= 4 is 11.6 Å². The summed E-state index contributed by atoms with van der Waals surface area (Å²) in [6.07, 6.45) is 3.33. The Hall–Kier alpha value is -4.78. The lowest BCUT2D eigenvalue weighted by molar-refractivity contribution is 0.102. The van der Waals surface area contributed by atoms with E-state index in [1.54, 1.807) is 48.8 Å². The zero-order chi connectivity index (χ0) is 23.2. The Morgan fingerprint density at radius 2 is 1.68 bits per heavy atom. The minimum absolute atomic E-state index is 0.272. The summed E-state index contributed by atoms with van der Waals surface area (Å²) in [5.41, 5.74) is 3.51. The van der Waals surface area contributed by atoms with E-state index < -0.39 is 0 Å². The minimum Gasteiger partial charge on any atom is -0.489 e. The van der Waals surface area contributed by atoms with Crippen LogP contribution in [-0.4, -0.2) is 21.0 Å². The molecule has 0 saturated heterocycles. The smallest absolute Gasteiger partial charge is 0.260 e. The number of ether oxygens (including phenoxy) is 1. The Kier molecular flexibility index (Phi) is 6.07. The number of nitrogens with one attached hydrogen (secondary N) is 1. The summed E-state index contributed by atoms with van der Waals surface area (Å²) >= 11 is 0. The van der Waals surface area contributed by atoms with Crippen molar-refractivity contribution in [3.63, 3.8) is 0 Å². The van der Waals surface area contributed by atoms with Gasteiger partial charge in [0, 0.05) is 23.5 Å². The van der Waals surface area contributed by atoms with Crippen molar-refractivity contribution in [3.8, 4) is 28.6 Å². The van der Waals surface area contributed by atoms with Crippen LogP contribution in [0.15, 0.2) is 108 Å². The molecule has 3 aromatic carbocycles. The van der Waals surface area contributed by atoms with Crippen LogP contribution in [0.3, 0.4) is 0 Å². The topological polar surface area (TPSA) is 90.1 Å². The van der Waals surface area contributed by atoms with E-state index in [1.165, 1.54) is 0 Å². The average Bonchev–Trinajstić information content (AvgIpc) is 3.39. The molecule has 166 valence electrons. The molecule has 1 amide bonds. The molecule has 2 heterocycles. The van der Waals surface area contributed by atoms with Crippen LogP contribution in [0.1, 0.15) is 15.9 Å². The fraction of sp³-hybridized carbons (Fsp3) is 0.0370. The lowest BCUT2D eigenvalue weighted by Gasteiger charge is -2.10. The molecule has 1 N–H and O–H groups in total. The summed E-state index contributed by atoms with van der Waals surface area (Å²) in [6, 6.07) is 27.8. The van der Waals surface area contributed by atoms with Gasteiger partial charge in [0.15, 0.2) is 0 Å². The highest BCUT2D eigenvalue weighted by molar-refractivity contribution is 6.06. The first-order valence-electron chi connectivity index (χ1n) is 10.7. The molecule has 7 nitrogen and oxygen atoms in total. The van der Waals surface area contributed by atoms with E-state index in [0.717, 1.165) is 11.1 Å². The molecule has 5 rings (SSSR count). The van der Waals surface area contributed by atoms with Crippen LogP contribution in [0.4, 0.5) is 5.69 Å². The molecule has 0 aliphatic heterocycles. The average molecular weight is 448 g/mol. The second-order valence-electron chi connectivity index (χ2n) is 7.46. The number of amides is 1. The highest BCUT2D eigenvalue weighted by atomic mass is 16.5. The van der Waals surface area contributed by atoms with Crippen LogP contribution < -0.4 is 10.1 Å². The summed E-state index contributed by atoms with van der Waals surface area (Å²) in [6.45, 7) is 0.422. The van der Waals surface area contributed by atoms with Gasteiger partial charge in [0.1, 0.15) is 12.4 Å². The number of anilines is 1. The van der Waals surface area contributed by atoms with Gasteiger partial charge in [-0.3, -0.25) is 9.78 Å². The summed E-state index contributed by atoms with van der Waals surface area (Å²) in [5, 5.41) is 7.00. The number of para-hydroxylation sites is 1. The summed E-state index contributed by atoms with van der Waals surface area (Å²) in [4.78, 5) is 21.5. The quantitative estimate of drug-likeness (QED) is 0.347. The second kappa shape index (κ2) is 9.79. The Morgan fingerprint density at radius 3 is 2.53 bits per heavy atom. The predicted molar refractivity (Wildman–Crippen MR) is 128 cm³/mol. The third-order valence-corrected chi connectivity index (χ3v) is 5.11. The van der Waals surface area contributed by atoms with Crippen molar-refractivity contribution < 1.29 is 14.1 Å². The van der Waals surface area contributed by atoms with E-state index in [9.17, 15) is 4.79 Å². The highest BCUT2D eigenvalue weighted by Gasteiger charge is 2.16. The SMILES string of the molecule is O=C(Nc1ccccc1-c1nc(-c2ccncc2)no1)c1cccc(OCc2ccccc2)c1. The maximum Gasteiger partial charge on any atom is 0.260 e. The first-order chi connectivity index (χ1) is 16.8. The summed E-state index contributed by atoms with van der Waals surface area (Å²) in [7, 11) is 0. The Bertz CT molecular complexity index is 1400. The Labute approximate surface area is 196 Å². The van der Waals surface area contributed by atoms with Gasteiger partial charge in [-0.1, -0.05) is 53.7 Å². The predicted octanol–water partition coefficient (Wildman–Crippen LogP) is 5.63. The molecule has 0 aliphatic rings. The first kappa shape index (κ1) is 21.1. The number of hydrogen-bond acceptors (Lipinski definition) is 6. The van der Waals surface area contributed by atoms with Crippen LogP contribution >= 0.6 is 0 Å². The number of hydrogen-bond donors (Lipinski definition) is 1. The van der Waals surface area contributed by atoms with E-state index >= 15 is 0 Å². The van der Waals surface area contributed by atoms with Gasteiger partial charge in [-0.15, -0.1) is 0 Å². The largest absolute Gasteiger partial charge is 0.489 e. The molecule has 0 unspecified atom stereocenters. The molecular weight excluding hydrogens is 428 g/mol. The molecule has 0 atom stereocenters. The Balaban J connectivity index is 1.33. The summed E-state index contributed by atoms with van der Waals surface area (Å²) < 4.78 is 11.3. The fourth-order valence-corrected chi connectivity index (χ4v) is 3.39. The van der Waals surface area contributed by atoms with Crippen molar-refractivity contribution in [1.29, 1.82) is 0 Å². The molecule has 2 aromatic heterocycles. The second-order valence-corrected chi connectivity index (χ2v) is 7.46. The summed E-state index contributed by atoms with van der Waals surface area (Å²) in [5.74, 6) is 1.10. The lowest BCUT2D eigenvalue weighted by atomic mass is 10.1. The van der Waals surface area contributed by atoms with E-state index in [2.05, 4.69) is 20.4 Å². The van der Waals surface area contributed by atoms with Crippen LogP contribution in [0.2, 0.25) is 0 Å². The van der Waals surface area contributed by atoms with E-state index in [-0.39, 0.29) is 5.91 Å². The molecule has 0 radical (unpaired) electrons. The van der Waals surface area contributed by atoms with Crippen molar-refractivity contribution in [1.82, 2.24) is 15.1 Å². The van der Waals surface area contributed by atoms with Crippen LogP contribution in [-0.2, 0) is 6.61 Å². The molecule has 0 saturated carbocycles. The fourth-order valence-electron chi connectivity index (χ4n) is 3.39. The van der Waals surface area contributed by atoms with Crippen LogP contribution in [0.5, 0.6) is 5.75 Å². The maximum absolute atomic E-state index is 13.0. The van der Waals surface area contributed by atoms with Crippen molar-refractivity contribution in [2.45, 2.75) is 6.61 Å². The number of pyridine rings is 1. The third-order valence-electron chi connectivity index (χ3n) is 5.11. The molecule has 5 aromatic rings. The van der Waals surface area contributed by atoms with Gasteiger partial charge in [-0.25, -0.2) is 0 Å². The van der Waals surface area contributed by atoms with Crippen molar-refractivity contribution in [3.05, 3.63) is 115 Å². The normalized spacial score (nSPS) is 10.6. The van der Waals surface area contributed by atoms with Crippen molar-refractivity contribution in [2.24, 2.45) is 0 Å². The van der Waals surface area contributed by atoms with E-state index in [0.29, 0.717) is 40.9 Å². The van der Waals surface area contributed by atoms with Crippen LogP contribution in [0, 0.1) is 0 Å². The number of carbonyl (C=O) groups excluding carboxylic acids is 1. The standard InChI is InChI=1S/C27H20N4O3/c32-26(21-9-6-10-22(17-21)33-18-19-7-2-1-3-8-19)29-24-12-5-4-11-23(24)27-30-25(31-34-27)20-13-15-28-16-14-20/h1-17H,18H2,(H,29,32). The van der Waals surface area contributed by atoms with Gasteiger partial charge in [0.2, 0.25) is 5.82 Å². The van der Waals surface area contributed by atoms with Gasteiger partial charge >= 0.3 is 0 Å². The lowest BCUT2D eigenvalue weighted by Crippen LogP contribution is -2.12.